The molecule has 0 aromatic heterocycles. The number of hydrogen-bond acceptors (Lipinski definition) is 4. The van der Waals surface area contributed by atoms with Gasteiger partial charge >= 0.3 is 12.2 Å². The molecule has 2 aliphatic heterocycles. The largest absolute Gasteiger partial charge is 0.416 e. The van der Waals surface area contributed by atoms with Crippen molar-refractivity contribution >= 4 is 24.3 Å². The van der Waals surface area contributed by atoms with Gasteiger partial charge in [-0.3, -0.25) is 4.99 Å². The third-order valence-corrected chi connectivity index (χ3v) is 6.34. The lowest BCUT2D eigenvalue weighted by Gasteiger charge is -2.34. The number of carbonyl (C=O) groups is 1. The molecule has 1 aromatic rings. The zero-order chi connectivity index (χ0) is 23.3. The second kappa shape index (κ2) is 10.6. The molecule has 0 aliphatic carbocycles. The maximum Gasteiger partial charge on any atom is 0.416 e. The van der Waals surface area contributed by atoms with Gasteiger partial charge < -0.3 is 19.9 Å². The van der Waals surface area contributed by atoms with E-state index in [2.05, 4.69) is 17.0 Å². The molecule has 1 atom stereocenters. The van der Waals surface area contributed by atoms with Crippen LogP contribution in [0.3, 0.4) is 0 Å². The Bertz CT molecular complexity index is 854. The molecule has 1 unspecified atom stereocenters. The molecule has 1 aromatic carbocycles. The second-order valence-electron chi connectivity index (χ2n) is 8.03. The van der Waals surface area contributed by atoms with E-state index in [1.165, 1.54) is 6.07 Å². The van der Waals surface area contributed by atoms with Crippen molar-refractivity contribution in [2.75, 3.05) is 33.2 Å². The third kappa shape index (κ3) is 5.95. The average Bonchev–Trinajstić information content (AvgIpc) is 3.26. The number of nitrogens with one attached hydrogen (secondary N) is 1. The molecule has 6 nitrogen and oxygen atoms in total. The number of ether oxygens (including phenoxy) is 1. The fourth-order valence-corrected chi connectivity index (χ4v) is 4.36. The van der Waals surface area contributed by atoms with Gasteiger partial charge in [-0.25, -0.2) is 4.79 Å². The number of rotatable bonds is 6. The maximum absolute atomic E-state index is 12.9. The van der Waals surface area contributed by atoms with E-state index in [-0.39, 0.29) is 29.7 Å². The van der Waals surface area contributed by atoms with Crippen molar-refractivity contribution in [2.45, 2.75) is 38.1 Å². The quantitative estimate of drug-likeness (QED) is 0.618. The van der Waals surface area contributed by atoms with E-state index in [4.69, 9.17) is 16.3 Å². The number of alkyl halides is 3. The van der Waals surface area contributed by atoms with Gasteiger partial charge in [-0.15, -0.1) is 0 Å². The highest BCUT2D eigenvalue weighted by Crippen LogP contribution is 2.32. The van der Waals surface area contributed by atoms with Crippen molar-refractivity contribution in [1.82, 2.24) is 15.1 Å². The van der Waals surface area contributed by atoms with Crippen molar-refractivity contribution < 1.29 is 22.7 Å². The number of nitrogens with zero attached hydrogens (tertiary/aromatic N) is 3. The predicted octanol–water partition coefficient (Wildman–Crippen LogP) is 4.54. The number of hydrogen-bond donors (Lipinski definition) is 1. The number of aliphatic imine (C=N–C) groups is 1. The summed E-state index contributed by atoms with van der Waals surface area (Å²) < 4.78 is 44.2. The predicted molar refractivity (Wildman–Crippen MR) is 118 cm³/mol. The van der Waals surface area contributed by atoms with Crippen LogP contribution in [0.5, 0.6) is 0 Å². The summed E-state index contributed by atoms with van der Waals surface area (Å²) in [6.07, 6.45) is -0.579. The van der Waals surface area contributed by atoms with Gasteiger partial charge in [0.25, 0.3) is 0 Å². The molecule has 176 valence electrons. The highest BCUT2D eigenvalue weighted by molar-refractivity contribution is 6.31. The van der Waals surface area contributed by atoms with Gasteiger partial charge in [0, 0.05) is 56.1 Å². The molecule has 2 heterocycles. The van der Waals surface area contributed by atoms with E-state index >= 15 is 0 Å². The first-order chi connectivity index (χ1) is 15.2. The number of urea groups is 1. The Labute approximate surface area is 191 Å². The van der Waals surface area contributed by atoms with Gasteiger partial charge in [-0.2, -0.15) is 13.2 Å². The van der Waals surface area contributed by atoms with Crippen molar-refractivity contribution in [1.29, 1.82) is 0 Å². The SMILES string of the molecule is C=N/C=C(\NC)C1CCN(C(=O)N2CCC(OCc3ccc(C(F)(F)F)cc3Cl)CC2)C1. The third-order valence-electron chi connectivity index (χ3n) is 5.99. The number of likely N-dealkylation sites (tertiary alicyclic amines) is 2. The van der Waals surface area contributed by atoms with Crippen LogP contribution in [0.4, 0.5) is 18.0 Å². The highest BCUT2D eigenvalue weighted by Gasteiger charge is 2.33. The van der Waals surface area contributed by atoms with Gasteiger partial charge in [0.05, 0.1) is 18.3 Å². The van der Waals surface area contributed by atoms with Gasteiger partial charge in [0.2, 0.25) is 0 Å². The van der Waals surface area contributed by atoms with Crippen LogP contribution in [0.25, 0.3) is 0 Å². The van der Waals surface area contributed by atoms with Crippen LogP contribution in [0, 0.1) is 5.92 Å². The number of piperidine rings is 1. The van der Waals surface area contributed by atoms with E-state index in [1.54, 1.807) is 6.20 Å². The van der Waals surface area contributed by atoms with E-state index in [9.17, 15) is 18.0 Å². The first kappa shape index (κ1) is 24.4. The second-order valence-corrected chi connectivity index (χ2v) is 8.44. The topological polar surface area (TPSA) is 57.2 Å². The molecule has 0 spiro atoms. The Morgan fingerprint density at radius 3 is 2.56 bits per heavy atom. The fourth-order valence-electron chi connectivity index (χ4n) is 4.12. The number of amides is 2. The van der Waals surface area contributed by atoms with Gasteiger partial charge in [0.15, 0.2) is 0 Å². The molecular weight excluding hydrogens is 445 g/mol. The van der Waals surface area contributed by atoms with Crippen LogP contribution in [-0.2, 0) is 17.5 Å². The molecule has 2 saturated heterocycles. The van der Waals surface area contributed by atoms with Crippen molar-refractivity contribution in [2.24, 2.45) is 10.9 Å². The van der Waals surface area contributed by atoms with Crippen molar-refractivity contribution in [3.05, 3.63) is 46.2 Å². The molecule has 2 amide bonds. The number of benzene rings is 1. The number of carbonyl (C=O) groups excluding carboxylic acids is 1. The Balaban J connectivity index is 1.46. The molecule has 3 rings (SSSR count). The van der Waals surface area contributed by atoms with Crippen LogP contribution < -0.4 is 5.32 Å². The molecule has 0 radical (unpaired) electrons. The van der Waals surface area contributed by atoms with Gasteiger partial charge in [-0.05, 0) is 43.7 Å². The minimum atomic E-state index is -4.43. The lowest BCUT2D eigenvalue weighted by Crippen LogP contribution is -2.47. The Morgan fingerprint density at radius 2 is 1.97 bits per heavy atom. The zero-order valence-electron chi connectivity index (χ0n) is 18.0. The summed E-state index contributed by atoms with van der Waals surface area (Å²) in [6, 6.07) is 3.31. The van der Waals surface area contributed by atoms with E-state index in [1.807, 2.05) is 16.8 Å². The van der Waals surface area contributed by atoms with E-state index < -0.39 is 11.7 Å². The Hall–Kier alpha value is -2.26. The highest BCUT2D eigenvalue weighted by atomic mass is 35.5. The van der Waals surface area contributed by atoms with Crippen LogP contribution in [0.1, 0.15) is 30.4 Å². The summed E-state index contributed by atoms with van der Waals surface area (Å²) in [4.78, 5) is 20.4. The van der Waals surface area contributed by atoms with Crippen LogP contribution in [0.15, 0.2) is 35.1 Å². The van der Waals surface area contributed by atoms with Crippen molar-refractivity contribution in [3.8, 4) is 0 Å². The summed E-state index contributed by atoms with van der Waals surface area (Å²) in [5.41, 5.74) is 0.716. The summed E-state index contributed by atoms with van der Waals surface area (Å²) in [7, 11) is 1.84. The zero-order valence-corrected chi connectivity index (χ0v) is 18.8. The molecule has 2 aliphatic rings. The molecule has 0 saturated carbocycles. The lowest BCUT2D eigenvalue weighted by molar-refractivity contribution is -0.137. The summed E-state index contributed by atoms with van der Waals surface area (Å²) in [5, 5.41) is 3.17. The maximum atomic E-state index is 12.9. The summed E-state index contributed by atoms with van der Waals surface area (Å²) in [5.74, 6) is 0.226. The molecule has 0 bridgehead atoms. The summed E-state index contributed by atoms with van der Waals surface area (Å²) >= 11 is 6.00. The van der Waals surface area contributed by atoms with Gasteiger partial charge in [-0.1, -0.05) is 17.7 Å². The Kier molecular flexibility index (Phi) is 8.05. The minimum Gasteiger partial charge on any atom is -0.390 e. The molecular formula is C22H28ClF3N4O2. The molecule has 2 fully saturated rings. The first-order valence-electron chi connectivity index (χ1n) is 10.6. The normalized spacial score (nSPS) is 20.5. The monoisotopic (exact) mass is 472 g/mol. The van der Waals surface area contributed by atoms with Gasteiger partial charge in [0.1, 0.15) is 0 Å². The molecule has 1 N–H and O–H groups in total. The average molecular weight is 473 g/mol. The minimum absolute atomic E-state index is 0.0266. The van der Waals surface area contributed by atoms with E-state index in [0.717, 1.165) is 24.3 Å². The van der Waals surface area contributed by atoms with Crippen LogP contribution >= 0.6 is 11.6 Å². The fraction of sp³-hybridized carbons (Fsp3) is 0.545. The summed E-state index contributed by atoms with van der Waals surface area (Å²) in [6.45, 7) is 6.12. The first-order valence-corrected chi connectivity index (χ1v) is 11.0. The Morgan fingerprint density at radius 1 is 1.28 bits per heavy atom. The molecule has 32 heavy (non-hydrogen) atoms. The lowest BCUT2D eigenvalue weighted by atomic mass is 10.1. The van der Waals surface area contributed by atoms with Crippen LogP contribution in [-0.4, -0.2) is 61.9 Å². The van der Waals surface area contributed by atoms with Crippen LogP contribution in [0.2, 0.25) is 5.02 Å². The van der Waals surface area contributed by atoms with E-state index in [0.29, 0.717) is 44.6 Å². The molecule has 10 heteroatoms. The standard InChI is InChI=1S/C22H28ClF3N4O2/c1-27-12-20(28-2)15-5-8-30(13-15)21(31)29-9-6-18(7-10-29)32-14-16-3-4-17(11-19(16)23)22(24,25)26/h3-4,11-12,15,18,28H,1,5-10,13-14H2,2H3/b20-12-. The van der Waals surface area contributed by atoms with Crippen molar-refractivity contribution in [3.63, 3.8) is 0 Å². The number of halogens is 4. The smallest absolute Gasteiger partial charge is 0.390 e.